The van der Waals surface area contributed by atoms with Crippen molar-refractivity contribution in [3.8, 4) is 0 Å². The van der Waals surface area contributed by atoms with Crippen LogP contribution in [-0.4, -0.2) is 30.6 Å². The van der Waals surface area contributed by atoms with Crippen molar-refractivity contribution >= 4 is 17.4 Å². The van der Waals surface area contributed by atoms with E-state index in [-0.39, 0.29) is 11.8 Å². The summed E-state index contributed by atoms with van der Waals surface area (Å²) in [5.41, 5.74) is 2.67. The molecule has 2 aromatic carbocycles. The van der Waals surface area contributed by atoms with E-state index < -0.39 is 0 Å². The highest BCUT2D eigenvalue weighted by Gasteiger charge is 2.18. The molecule has 1 fully saturated rings. The largest absolute Gasteiger partial charge is 0.370 e. The number of hydrogen-bond donors (Lipinski definition) is 1. The Labute approximate surface area is 148 Å². The van der Waals surface area contributed by atoms with E-state index in [1.54, 1.807) is 11.0 Å². The standard InChI is InChI=1S/C20H24FN3O/c1-2-23(15-16-8-7-9-17(21)14-16)20(25)22-18-10-3-4-11-19(18)24-12-5-6-13-24/h3-4,7-11,14H,2,5-6,12-13,15H2,1H3,(H,22,25). The first-order valence-electron chi connectivity index (χ1n) is 8.81. The Morgan fingerprint density at radius 2 is 1.92 bits per heavy atom. The number of halogens is 1. The van der Waals surface area contributed by atoms with Crippen molar-refractivity contribution in [2.45, 2.75) is 26.3 Å². The van der Waals surface area contributed by atoms with Crippen LogP contribution in [0.5, 0.6) is 0 Å². The molecular formula is C20H24FN3O. The summed E-state index contributed by atoms with van der Waals surface area (Å²) in [6.45, 7) is 4.90. The van der Waals surface area contributed by atoms with Gasteiger partial charge in [-0.2, -0.15) is 0 Å². The highest BCUT2D eigenvalue weighted by Crippen LogP contribution is 2.28. The van der Waals surface area contributed by atoms with Crippen LogP contribution in [0.4, 0.5) is 20.6 Å². The number of carbonyl (C=O) groups excluding carboxylic acids is 1. The third kappa shape index (κ3) is 4.29. The predicted molar refractivity (Wildman–Crippen MR) is 99.4 cm³/mol. The highest BCUT2D eigenvalue weighted by atomic mass is 19.1. The second-order valence-electron chi connectivity index (χ2n) is 6.29. The minimum Gasteiger partial charge on any atom is -0.370 e. The molecule has 2 amide bonds. The average molecular weight is 341 g/mol. The van der Waals surface area contributed by atoms with Crippen LogP contribution in [0, 0.1) is 5.82 Å². The second-order valence-corrected chi connectivity index (χ2v) is 6.29. The number of rotatable bonds is 5. The van der Waals surface area contributed by atoms with Crippen LogP contribution < -0.4 is 10.2 Å². The van der Waals surface area contributed by atoms with Gasteiger partial charge in [-0.05, 0) is 49.6 Å². The Bertz CT molecular complexity index is 728. The summed E-state index contributed by atoms with van der Waals surface area (Å²) in [6, 6.07) is 14.1. The van der Waals surface area contributed by atoms with E-state index in [9.17, 15) is 9.18 Å². The Kier molecular flexibility index (Phi) is 5.53. The smallest absolute Gasteiger partial charge is 0.322 e. The van der Waals surface area contributed by atoms with Gasteiger partial charge in [-0.1, -0.05) is 24.3 Å². The molecule has 1 saturated heterocycles. The van der Waals surface area contributed by atoms with E-state index >= 15 is 0 Å². The van der Waals surface area contributed by atoms with Crippen LogP contribution in [0.15, 0.2) is 48.5 Å². The molecule has 25 heavy (non-hydrogen) atoms. The zero-order valence-electron chi connectivity index (χ0n) is 14.5. The first-order chi connectivity index (χ1) is 12.2. The number of nitrogens with zero attached hydrogens (tertiary/aromatic N) is 2. The van der Waals surface area contributed by atoms with Crippen molar-refractivity contribution in [2.75, 3.05) is 29.9 Å². The molecule has 132 valence electrons. The Hall–Kier alpha value is -2.56. The van der Waals surface area contributed by atoms with Crippen LogP contribution in [-0.2, 0) is 6.54 Å². The zero-order chi connectivity index (χ0) is 17.6. The fourth-order valence-corrected chi connectivity index (χ4v) is 3.19. The summed E-state index contributed by atoms with van der Waals surface area (Å²) in [7, 11) is 0. The molecule has 0 aromatic heterocycles. The van der Waals surface area contributed by atoms with Crippen molar-refractivity contribution in [2.24, 2.45) is 0 Å². The molecule has 3 rings (SSSR count). The summed E-state index contributed by atoms with van der Waals surface area (Å²) >= 11 is 0. The van der Waals surface area contributed by atoms with Crippen LogP contribution >= 0.6 is 0 Å². The number of urea groups is 1. The van der Waals surface area contributed by atoms with Crippen molar-refractivity contribution in [1.82, 2.24) is 4.90 Å². The molecule has 0 unspecified atom stereocenters. The van der Waals surface area contributed by atoms with E-state index in [0.717, 1.165) is 30.0 Å². The van der Waals surface area contributed by atoms with Gasteiger partial charge in [-0.3, -0.25) is 0 Å². The average Bonchev–Trinajstić information content (AvgIpc) is 3.14. The Morgan fingerprint density at radius 3 is 2.64 bits per heavy atom. The molecule has 4 nitrogen and oxygen atoms in total. The van der Waals surface area contributed by atoms with Gasteiger partial charge in [-0.25, -0.2) is 9.18 Å². The first kappa shape index (κ1) is 17.3. The molecule has 0 spiro atoms. The second kappa shape index (κ2) is 8.01. The number of para-hydroxylation sites is 2. The van der Waals surface area contributed by atoms with Crippen molar-refractivity contribution in [3.05, 3.63) is 59.9 Å². The third-order valence-electron chi connectivity index (χ3n) is 4.52. The SMILES string of the molecule is CCN(Cc1cccc(F)c1)C(=O)Nc1ccccc1N1CCCC1. The third-order valence-corrected chi connectivity index (χ3v) is 4.52. The highest BCUT2D eigenvalue weighted by molar-refractivity contribution is 5.93. The van der Waals surface area contributed by atoms with Gasteiger partial charge in [0.25, 0.3) is 0 Å². The molecular weight excluding hydrogens is 317 g/mol. The van der Waals surface area contributed by atoms with Crippen molar-refractivity contribution in [3.63, 3.8) is 0 Å². The van der Waals surface area contributed by atoms with Crippen molar-refractivity contribution < 1.29 is 9.18 Å². The maximum absolute atomic E-state index is 13.4. The summed E-state index contributed by atoms with van der Waals surface area (Å²) in [6.07, 6.45) is 2.37. The molecule has 1 aliphatic rings. The lowest BCUT2D eigenvalue weighted by atomic mass is 10.2. The Balaban J connectivity index is 1.72. The molecule has 1 heterocycles. The van der Waals surface area contributed by atoms with Gasteiger partial charge in [0.1, 0.15) is 5.82 Å². The van der Waals surface area contributed by atoms with Gasteiger partial charge in [0.05, 0.1) is 11.4 Å². The van der Waals surface area contributed by atoms with Crippen LogP contribution in [0.25, 0.3) is 0 Å². The molecule has 1 N–H and O–H groups in total. The lowest BCUT2D eigenvalue weighted by molar-refractivity contribution is 0.212. The fraction of sp³-hybridized carbons (Fsp3) is 0.350. The summed E-state index contributed by atoms with van der Waals surface area (Å²) in [5, 5.41) is 3.02. The monoisotopic (exact) mass is 341 g/mol. The molecule has 0 bridgehead atoms. The first-order valence-corrected chi connectivity index (χ1v) is 8.81. The molecule has 0 saturated carbocycles. The minimum absolute atomic E-state index is 0.168. The lowest BCUT2D eigenvalue weighted by Gasteiger charge is -2.25. The van der Waals surface area contributed by atoms with Gasteiger partial charge in [0.15, 0.2) is 0 Å². The topological polar surface area (TPSA) is 35.6 Å². The number of anilines is 2. The molecule has 0 atom stereocenters. The van der Waals surface area contributed by atoms with Crippen LogP contribution in [0.1, 0.15) is 25.3 Å². The molecule has 2 aromatic rings. The summed E-state index contributed by atoms with van der Waals surface area (Å²) < 4.78 is 13.4. The van der Waals surface area contributed by atoms with E-state index in [1.165, 1.54) is 25.0 Å². The van der Waals surface area contributed by atoms with E-state index in [2.05, 4.69) is 10.2 Å². The van der Waals surface area contributed by atoms with Gasteiger partial charge < -0.3 is 15.1 Å². The van der Waals surface area contributed by atoms with Crippen LogP contribution in [0.2, 0.25) is 0 Å². The Morgan fingerprint density at radius 1 is 1.16 bits per heavy atom. The van der Waals surface area contributed by atoms with E-state index in [0.29, 0.717) is 13.1 Å². The number of hydrogen-bond acceptors (Lipinski definition) is 2. The number of benzene rings is 2. The van der Waals surface area contributed by atoms with E-state index in [4.69, 9.17) is 0 Å². The normalized spacial score (nSPS) is 13.8. The number of amides is 2. The van der Waals surface area contributed by atoms with Gasteiger partial charge in [-0.15, -0.1) is 0 Å². The summed E-state index contributed by atoms with van der Waals surface area (Å²) in [4.78, 5) is 16.7. The van der Waals surface area contributed by atoms with Gasteiger partial charge >= 0.3 is 6.03 Å². The predicted octanol–water partition coefficient (Wildman–Crippen LogP) is 4.48. The molecule has 5 heteroatoms. The van der Waals surface area contributed by atoms with Gasteiger partial charge in [0.2, 0.25) is 0 Å². The minimum atomic E-state index is -0.284. The maximum Gasteiger partial charge on any atom is 0.322 e. The molecule has 1 aliphatic heterocycles. The van der Waals surface area contributed by atoms with Gasteiger partial charge in [0, 0.05) is 26.2 Å². The number of nitrogens with one attached hydrogen (secondary N) is 1. The number of carbonyl (C=O) groups is 1. The van der Waals surface area contributed by atoms with Crippen LogP contribution in [0.3, 0.4) is 0 Å². The maximum atomic E-state index is 13.4. The van der Waals surface area contributed by atoms with E-state index in [1.807, 2.05) is 37.3 Å². The lowest BCUT2D eigenvalue weighted by Crippen LogP contribution is -2.34. The molecule has 0 radical (unpaired) electrons. The quantitative estimate of drug-likeness (QED) is 0.870. The fourth-order valence-electron chi connectivity index (χ4n) is 3.19. The molecule has 0 aliphatic carbocycles. The zero-order valence-corrected chi connectivity index (χ0v) is 14.5. The van der Waals surface area contributed by atoms with Crippen molar-refractivity contribution in [1.29, 1.82) is 0 Å². The summed E-state index contributed by atoms with van der Waals surface area (Å²) in [5.74, 6) is -0.284.